The minimum absolute atomic E-state index is 0.106. The summed E-state index contributed by atoms with van der Waals surface area (Å²) in [5.41, 5.74) is 0. The second-order valence-electron chi connectivity index (χ2n) is 5.75. The van der Waals surface area contributed by atoms with E-state index in [9.17, 15) is 4.79 Å². The maximum absolute atomic E-state index is 11.8. The van der Waals surface area contributed by atoms with Crippen LogP contribution in [-0.2, 0) is 4.79 Å². The molecule has 0 bridgehead atoms. The second-order valence-corrected chi connectivity index (χ2v) is 5.75. The van der Waals surface area contributed by atoms with Crippen LogP contribution in [-0.4, -0.2) is 48.6 Å². The van der Waals surface area contributed by atoms with Gasteiger partial charge >= 0.3 is 0 Å². The molecule has 0 saturated heterocycles. The molecule has 0 aromatic rings. The molecule has 19 heavy (non-hydrogen) atoms. The first-order valence-electron chi connectivity index (χ1n) is 7.67. The van der Waals surface area contributed by atoms with Crippen molar-refractivity contribution < 1.29 is 4.79 Å². The summed E-state index contributed by atoms with van der Waals surface area (Å²) in [4.78, 5) is 14.2. The number of amides is 1. The standard InChI is InChI=1S/C15H33N3O/c1-7-8-9-17-15(19)14(6)16-10-11-18(12(2)3)13(4)5/h12-14,16H,7-11H2,1-6H3,(H,17,19). The van der Waals surface area contributed by atoms with Gasteiger partial charge in [0.05, 0.1) is 6.04 Å². The predicted octanol–water partition coefficient (Wildman–Crippen LogP) is 2.00. The van der Waals surface area contributed by atoms with Crippen LogP contribution in [0.3, 0.4) is 0 Å². The summed E-state index contributed by atoms with van der Waals surface area (Å²) in [6.45, 7) is 15.5. The summed E-state index contributed by atoms with van der Waals surface area (Å²) in [5.74, 6) is 0.106. The van der Waals surface area contributed by atoms with E-state index in [1.165, 1.54) is 0 Å². The molecular weight excluding hydrogens is 238 g/mol. The highest BCUT2D eigenvalue weighted by molar-refractivity contribution is 5.81. The van der Waals surface area contributed by atoms with Crippen molar-refractivity contribution in [1.29, 1.82) is 0 Å². The Bertz CT molecular complexity index is 234. The number of rotatable bonds is 10. The van der Waals surface area contributed by atoms with E-state index in [0.717, 1.165) is 32.5 Å². The van der Waals surface area contributed by atoms with E-state index in [0.29, 0.717) is 12.1 Å². The first-order chi connectivity index (χ1) is 8.90. The highest BCUT2D eigenvalue weighted by Gasteiger charge is 2.15. The minimum atomic E-state index is -0.113. The molecule has 1 atom stereocenters. The van der Waals surface area contributed by atoms with Crippen LogP contribution in [0.5, 0.6) is 0 Å². The molecule has 0 saturated carbocycles. The maximum atomic E-state index is 11.8. The number of nitrogens with one attached hydrogen (secondary N) is 2. The Kier molecular flexibility index (Phi) is 9.88. The Morgan fingerprint density at radius 2 is 1.63 bits per heavy atom. The molecule has 4 nitrogen and oxygen atoms in total. The van der Waals surface area contributed by atoms with Crippen LogP contribution in [0.2, 0.25) is 0 Å². The van der Waals surface area contributed by atoms with Crippen LogP contribution >= 0.6 is 0 Å². The van der Waals surface area contributed by atoms with Crippen LogP contribution in [0.4, 0.5) is 0 Å². The minimum Gasteiger partial charge on any atom is -0.355 e. The van der Waals surface area contributed by atoms with E-state index >= 15 is 0 Å². The SMILES string of the molecule is CCCCNC(=O)C(C)NCCN(C(C)C)C(C)C. The first-order valence-corrected chi connectivity index (χ1v) is 7.67. The molecular formula is C15H33N3O. The van der Waals surface area contributed by atoms with Crippen LogP contribution < -0.4 is 10.6 Å². The normalized spacial score (nSPS) is 13.3. The lowest BCUT2D eigenvalue weighted by molar-refractivity contribution is -0.122. The Labute approximate surface area is 119 Å². The molecule has 114 valence electrons. The fourth-order valence-electron chi connectivity index (χ4n) is 2.16. The van der Waals surface area contributed by atoms with Crippen LogP contribution in [0, 0.1) is 0 Å². The van der Waals surface area contributed by atoms with Gasteiger partial charge in [-0.1, -0.05) is 13.3 Å². The molecule has 0 spiro atoms. The fraction of sp³-hybridized carbons (Fsp3) is 0.933. The molecule has 0 heterocycles. The lowest BCUT2D eigenvalue weighted by Gasteiger charge is -2.30. The second kappa shape index (κ2) is 10.2. The monoisotopic (exact) mass is 271 g/mol. The number of nitrogens with zero attached hydrogens (tertiary/aromatic N) is 1. The van der Waals surface area contributed by atoms with Gasteiger partial charge in [0, 0.05) is 31.7 Å². The summed E-state index contributed by atoms with van der Waals surface area (Å²) in [5, 5.41) is 6.25. The Hall–Kier alpha value is -0.610. The van der Waals surface area contributed by atoms with E-state index in [1.807, 2.05) is 6.92 Å². The summed E-state index contributed by atoms with van der Waals surface area (Å²) < 4.78 is 0. The molecule has 0 fully saturated rings. The molecule has 0 aliphatic rings. The van der Waals surface area contributed by atoms with E-state index in [2.05, 4.69) is 50.2 Å². The first kappa shape index (κ1) is 18.4. The van der Waals surface area contributed by atoms with Gasteiger partial charge in [-0.15, -0.1) is 0 Å². The predicted molar refractivity (Wildman–Crippen MR) is 82.4 cm³/mol. The third-order valence-corrected chi connectivity index (χ3v) is 3.37. The highest BCUT2D eigenvalue weighted by Crippen LogP contribution is 2.03. The number of hydrogen-bond acceptors (Lipinski definition) is 3. The topological polar surface area (TPSA) is 44.4 Å². The van der Waals surface area contributed by atoms with Gasteiger partial charge in [0.15, 0.2) is 0 Å². The summed E-state index contributed by atoms with van der Waals surface area (Å²) >= 11 is 0. The molecule has 4 heteroatoms. The number of unbranched alkanes of at least 4 members (excludes halogenated alkanes) is 1. The molecule has 0 aliphatic heterocycles. The van der Waals surface area contributed by atoms with E-state index < -0.39 is 0 Å². The lowest BCUT2D eigenvalue weighted by Crippen LogP contribution is -2.47. The van der Waals surface area contributed by atoms with Gasteiger partial charge in [-0.05, 0) is 41.0 Å². The van der Waals surface area contributed by atoms with Crippen molar-refractivity contribution in [3.05, 3.63) is 0 Å². The third kappa shape index (κ3) is 8.22. The quantitative estimate of drug-likeness (QED) is 0.597. The van der Waals surface area contributed by atoms with Crippen molar-refractivity contribution in [1.82, 2.24) is 15.5 Å². The Morgan fingerprint density at radius 3 is 2.11 bits per heavy atom. The smallest absolute Gasteiger partial charge is 0.236 e. The molecule has 1 amide bonds. The molecule has 2 N–H and O–H groups in total. The van der Waals surface area contributed by atoms with Crippen molar-refractivity contribution in [2.45, 2.75) is 72.5 Å². The van der Waals surface area contributed by atoms with Crippen molar-refractivity contribution in [2.75, 3.05) is 19.6 Å². The van der Waals surface area contributed by atoms with Gasteiger partial charge in [-0.3, -0.25) is 9.69 Å². The molecule has 0 rings (SSSR count). The number of carbonyl (C=O) groups excluding carboxylic acids is 1. The number of hydrogen-bond donors (Lipinski definition) is 2. The molecule has 0 aromatic carbocycles. The van der Waals surface area contributed by atoms with Crippen molar-refractivity contribution in [3.63, 3.8) is 0 Å². The van der Waals surface area contributed by atoms with E-state index in [4.69, 9.17) is 0 Å². The van der Waals surface area contributed by atoms with Gasteiger partial charge in [-0.2, -0.15) is 0 Å². The average molecular weight is 271 g/mol. The summed E-state index contributed by atoms with van der Waals surface area (Å²) in [6.07, 6.45) is 2.16. The van der Waals surface area contributed by atoms with Gasteiger partial charge < -0.3 is 10.6 Å². The third-order valence-electron chi connectivity index (χ3n) is 3.37. The van der Waals surface area contributed by atoms with E-state index in [-0.39, 0.29) is 11.9 Å². The Morgan fingerprint density at radius 1 is 1.05 bits per heavy atom. The van der Waals surface area contributed by atoms with Gasteiger partial charge in [0.1, 0.15) is 0 Å². The zero-order valence-electron chi connectivity index (χ0n) is 13.6. The molecule has 1 unspecified atom stereocenters. The lowest BCUT2D eigenvalue weighted by atomic mass is 10.2. The van der Waals surface area contributed by atoms with Gasteiger partial charge in [-0.25, -0.2) is 0 Å². The van der Waals surface area contributed by atoms with Crippen LogP contribution in [0.25, 0.3) is 0 Å². The largest absolute Gasteiger partial charge is 0.355 e. The highest BCUT2D eigenvalue weighted by atomic mass is 16.2. The molecule has 0 aliphatic carbocycles. The van der Waals surface area contributed by atoms with Gasteiger partial charge in [0.2, 0.25) is 5.91 Å². The number of carbonyl (C=O) groups is 1. The zero-order valence-corrected chi connectivity index (χ0v) is 13.6. The summed E-state index contributed by atoms with van der Waals surface area (Å²) in [6, 6.07) is 0.962. The van der Waals surface area contributed by atoms with Crippen LogP contribution in [0.1, 0.15) is 54.4 Å². The maximum Gasteiger partial charge on any atom is 0.236 e. The Balaban J connectivity index is 3.88. The average Bonchev–Trinajstić information content (AvgIpc) is 2.33. The fourth-order valence-corrected chi connectivity index (χ4v) is 2.16. The zero-order chi connectivity index (χ0) is 14.8. The van der Waals surface area contributed by atoms with E-state index in [1.54, 1.807) is 0 Å². The van der Waals surface area contributed by atoms with Crippen molar-refractivity contribution in [3.8, 4) is 0 Å². The van der Waals surface area contributed by atoms with Crippen molar-refractivity contribution >= 4 is 5.91 Å². The van der Waals surface area contributed by atoms with Gasteiger partial charge in [0.25, 0.3) is 0 Å². The molecule has 0 aromatic heterocycles. The van der Waals surface area contributed by atoms with Crippen LogP contribution in [0.15, 0.2) is 0 Å². The summed E-state index contributed by atoms with van der Waals surface area (Å²) in [7, 11) is 0. The molecule has 0 radical (unpaired) electrons. The van der Waals surface area contributed by atoms with Crippen molar-refractivity contribution in [2.24, 2.45) is 0 Å².